The first-order valence-corrected chi connectivity index (χ1v) is 14.1. The van der Waals surface area contributed by atoms with Crippen LogP contribution in [0.5, 0.6) is 11.5 Å². The molecule has 212 valence electrons. The summed E-state index contributed by atoms with van der Waals surface area (Å²) < 4.78 is 52.4. The van der Waals surface area contributed by atoms with Crippen molar-refractivity contribution in [3.05, 3.63) is 58.4 Å². The van der Waals surface area contributed by atoms with Crippen LogP contribution in [0.3, 0.4) is 0 Å². The Morgan fingerprint density at radius 2 is 1.88 bits per heavy atom. The van der Waals surface area contributed by atoms with Gasteiger partial charge in [-0.05, 0) is 56.7 Å². The predicted octanol–water partition coefficient (Wildman–Crippen LogP) is 4.79. The number of carbonyl (C=O) groups excluding carboxylic acids is 1. The van der Waals surface area contributed by atoms with Gasteiger partial charge in [-0.1, -0.05) is 16.8 Å². The average Bonchev–Trinajstić information content (AvgIpc) is 3.58. The van der Waals surface area contributed by atoms with Crippen LogP contribution in [0.2, 0.25) is 5.02 Å². The predicted molar refractivity (Wildman–Crippen MR) is 146 cm³/mol. The number of aromatic nitrogens is 3. The van der Waals surface area contributed by atoms with Gasteiger partial charge in [-0.2, -0.15) is 5.10 Å². The summed E-state index contributed by atoms with van der Waals surface area (Å²) in [5.74, 6) is 0.424. The smallest absolute Gasteiger partial charge is 0.410 e. The number of nitrogens with one attached hydrogen (secondary N) is 1. The molecule has 40 heavy (non-hydrogen) atoms. The van der Waals surface area contributed by atoms with Crippen LogP contribution in [0, 0.1) is 0 Å². The van der Waals surface area contributed by atoms with E-state index in [1.54, 1.807) is 27.9 Å². The van der Waals surface area contributed by atoms with Crippen LogP contribution in [-0.2, 0) is 34.4 Å². The second-order valence-electron chi connectivity index (χ2n) is 10.2. The number of amides is 1. The highest BCUT2D eigenvalue weighted by atomic mass is 35.5. The fraction of sp³-hybridized carbons (Fsp3) is 0.346. The van der Waals surface area contributed by atoms with Gasteiger partial charge in [-0.15, -0.1) is 0 Å². The molecule has 0 fully saturated rings. The normalized spacial score (nSPS) is 13.4. The Morgan fingerprint density at radius 1 is 1.12 bits per heavy atom. The van der Waals surface area contributed by atoms with Gasteiger partial charge in [0.15, 0.2) is 11.4 Å². The van der Waals surface area contributed by atoms with Crippen LogP contribution in [0.15, 0.2) is 45.9 Å². The van der Waals surface area contributed by atoms with Crippen molar-refractivity contribution < 1.29 is 31.9 Å². The van der Waals surface area contributed by atoms with Crippen LogP contribution in [0.1, 0.15) is 37.6 Å². The minimum absolute atomic E-state index is 0.0478. The summed E-state index contributed by atoms with van der Waals surface area (Å²) in [4.78, 5) is 14.0. The number of benzene rings is 2. The van der Waals surface area contributed by atoms with E-state index in [1.165, 1.54) is 32.4 Å². The number of fused-ring (bicyclic) bond motifs is 2. The quantitative estimate of drug-likeness (QED) is 0.322. The van der Waals surface area contributed by atoms with Gasteiger partial charge in [-0.3, -0.25) is 14.3 Å². The van der Waals surface area contributed by atoms with Crippen molar-refractivity contribution in [3.63, 3.8) is 0 Å². The van der Waals surface area contributed by atoms with E-state index in [9.17, 15) is 13.2 Å². The Bertz CT molecular complexity index is 1710. The molecule has 1 amide bonds. The Labute approximate surface area is 235 Å². The molecule has 0 aliphatic carbocycles. The molecule has 0 spiro atoms. The third-order valence-corrected chi connectivity index (χ3v) is 7.78. The molecule has 1 N–H and O–H groups in total. The van der Waals surface area contributed by atoms with Crippen molar-refractivity contribution in [2.45, 2.75) is 50.9 Å². The Morgan fingerprint density at radius 3 is 2.58 bits per heavy atom. The minimum Gasteiger partial charge on any atom is -0.496 e. The molecule has 2 aromatic heterocycles. The third kappa shape index (κ3) is 5.39. The van der Waals surface area contributed by atoms with E-state index in [4.69, 9.17) is 30.3 Å². The van der Waals surface area contributed by atoms with E-state index in [-0.39, 0.29) is 27.6 Å². The second kappa shape index (κ2) is 10.2. The van der Waals surface area contributed by atoms with E-state index in [0.29, 0.717) is 36.4 Å². The summed E-state index contributed by atoms with van der Waals surface area (Å²) in [5.41, 5.74) is 2.32. The monoisotopic (exact) mass is 589 g/mol. The summed E-state index contributed by atoms with van der Waals surface area (Å²) in [6.07, 6.45) is 1.35. The van der Waals surface area contributed by atoms with Gasteiger partial charge >= 0.3 is 6.09 Å². The topological polar surface area (TPSA) is 138 Å². The third-order valence-electron chi connectivity index (χ3n) is 6.19. The number of sulfonamides is 1. The zero-order chi connectivity index (χ0) is 28.8. The van der Waals surface area contributed by atoms with E-state index in [1.807, 2.05) is 20.8 Å². The Hall–Kier alpha value is -3.97. The number of anilines is 1. The maximum absolute atomic E-state index is 13.2. The lowest BCUT2D eigenvalue weighted by molar-refractivity contribution is 0.0238. The molecular weight excluding hydrogens is 562 g/mol. The van der Waals surface area contributed by atoms with Crippen molar-refractivity contribution in [2.75, 3.05) is 18.9 Å². The van der Waals surface area contributed by atoms with Gasteiger partial charge in [0.05, 0.1) is 45.7 Å². The number of methoxy groups -OCH3 is 2. The lowest BCUT2D eigenvalue weighted by atomic mass is 10.1. The maximum Gasteiger partial charge on any atom is 0.410 e. The summed E-state index contributed by atoms with van der Waals surface area (Å²) >= 11 is 6.03. The number of hydrogen-bond acceptors (Lipinski definition) is 9. The second-order valence-corrected chi connectivity index (χ2v) is 12.3. The SMILES string of the molecule is COc1ccc(Cl)cc1S(=O)(=O)Nc1noc2cc(Cn3ncc4c3CN(C(=O)OC(C)(C)C)C4)cc(OC)c12. The molecule has 1 aliphatic rings. The van der Waals surface area contributed by atoms with Crippen LogP contribution in [-0.4, -0.2) is 54.2 Å². The highest BCUT2D eigenvalue weighted by Gasteiger charge is 2.31. The van der Waals surface area contributed by atoms with Crippen molar-refractivity contribution in [3.8, 4) is 11.5 Å². The van der Waals surface area contributed by atoms with Crippen molar-refractivity contribution in [2.24, 2.45) is 0 Å². The zero-order valence-corrected chi connectivity index (χ0v) is 24.1. The lowest BCUT2D eigenvalue weighted by Gasteiger charge is -2.24. The minimum atomic E-state index is -4.14. The highest BCUT2D eigenvalue weighted by Crippen LogP contribution is 2.36. The number of halogens is 1. The molecule has 12 nitrogen and oxygen atoms in total. The van der Waals surface area contributed by atoms with E-state index in [0.717, 1.165) is 16.8 Å². The fourth-order valence-corrected chi connectivity index (χ4v) is 5.87. The molecule has 4 aromatic rings. The highest BCUT2D eigenvalue weighted by molar-refractivity contribution is 7.92. The molecule has 1 aliphatic heterocycles. The molecule has 14 heteroatoms. The van der Waals surface area contributed by atoms with Crippen LogP contribution < -0.4 is 14.2 Å². The molecule has 0 radical (unpaired) electrons. The van der Waals surface area contributed by atoms with Gasteiger partial charge in [-0.25, -0.2) is 13.2 Å². The summed E-state index contributed by atoms with van der Waals surface area (Å²) in [6, 6.07) is 7.76. The van der Waals surface area contributed by atoms with Gasteiger partial charge in [0.25, 0.3) is 10.0 Å². The van der Waals surface area contributed by atoms with E-state index >= 15 is 0 Å². The molecule has 2 aromatic carbocycles. The average molecular weight is 590 g/mol. The van der Waals surface area contributed by atoms with E-state index < -0.39 is 15.6 Å². The molecule has 0 unspecified atom stereocenters. The first-order valence-electron chi connectivity index (χ1n) is 12.2. The van der Waals surface area contributed by atoms with Crippen molar-refractivity contribution >= 4 is 44.5 Å². The zero-order valence-electron chi connectivity index (χ0n) is 22.5. The van der Waals surface area contributed by atoms with Crippen molar-refractivity contribution in [1.82, 2.24) is 19.8 Å². The largest absolute Gasteiger partial charge is 0.496 e. The Balaban J connectivity index is 1.40. The first kappa shape index (κ1) is 27.6. The van der Waals surface area contributed by atoms with Gasteiger partial charge < -0.3 is 18.7 Å². The van der Waals surface area contributed by atoms with Gasteiger partial charge in [0.2, 0.25) is 0 Å². The van der Waals surface area contributed by atoms with Gasteiger partial charge in [0, 0.05) is 10.6 Å². The first-order chi connectivity index (χ1) is 18.9. The molecule has 3 heterocycles. The molecule has 0 bridgehead atoms. The number of rotatable bonds is 7. The molecule has 0 saturated heterocycles. The number of nitrogens with zero attached hydrogens (tertiary/aromatic N) is 4. The lowest BCUT2D eigenvalue weighted by Crippen LogP contribution is -2.33. The molecule has 0 atom stereocenters. The summed E-state index contributed by atoms with van der Waals surface area (Å²) in [5, 5.41) is 9.01. The van der Waals surface area contributed by atoms with Gasteiger partial charge in [0.1, 0.15) is 27.4 Å². The summed E-state index contributed by atoms with van der Waals surface area (Å²) in [6.45, 7) is 6.61. The molecule has 0 saturated carbocycles. The summed E-state index contributed by atoms with van der Waals surface area (Å²) in [7, 11) is -1.31. The molecule has 5 rings (SSSR count). The maximum atomic E-state index is 13.2. The van der Waals surface area contributed by atoms with Crippen molar-refractivity contribution in [1.29, 1.82) is 0 Å². The Kier molecular flexibility index (Phi) is 7.04. The molecular formula is C26H28ClN5O7S. The number of carbonyl (C=O) groups is 1. The van der Waals surface area contributed by atoms with Crippen LogP contribution in [0.4, 0.5) is 10.6 Å². The number of hydrogen-bond donors (Lipinski definition) is 1. The van der Waals surface area contributed by atoms with Crippen LogP contribution in [0.25, 0.3) is 11.0 Å². The fourth-order valence-electron chi connectivity index (χ4n) is 4.43. The standard InChI is InChI=1S/C26H28ClN5O7S/c1-26(2,3)38-25(33)31-13-16-11-28-32(18(16)14-31)12-15-8-20(37-5)23-21(9-15)39-29-24(23)30-40(34,35)22-10-17(27)6-7-19(22)36-4/h6-11H,12-14H2,1-5H3,(H,29,30). The van der Waals surface area contributed by atoms with E-state index in [2.05, 4.69) is 15.0 Å². The van der Waals surface area contributed by atoms with Crippen LogP contribution >= 0.6 is 11.6 Å². The number of ether oxygens (including phenoxy) is 3.